The number of aryl methyl sites for hydroxylation is 1. The molecule has 150 valence electrons. The molecule has 2 aromatic rings. The number of hydrogen-bond acceptors (Lipinski definition) is 5. The van der Waals surface area contributed by atoms with Crippen LogP contribution in [0, 0.1) is 12.8 Å². The number of phenolic OH excluding ortho intramolecular Hbond substituents is 1. The third-order valence-electron chi connectivity index (χ3n) is 5.71. The molecule has 0 heterocycles. The van der Waals surface area contributed by atoms with Gasteiger partial charge in [-0.15, -0.1) is 0 Å². The second kappa shape index (κ2) is 8.55. The van der Waals surface area contributed by atoms with Crippen LogP contribution in [0.1, 0.15) is 53.1 Å². The molecule has 2 atom stereocenters. The molecule has 0 aliphatic heterocycles. The van der Waals surface area contributed by atoms with Gasteiger partial charge in [-0.05, 0) is 55.0 Å². The minimum Gasteiger partial charge on any atom is -0.508 e. The fourth-order valence-corrected chi connectivity index (χ4v) is 4.14. The van der Waals surface area contributed by atoms with Crippen molar-refractivity contribution in [3.05, 3.63) is 47.0 Å². The fourth-order valence-electron chi connectivity index (χ4n) is 4.14. The Morgan fingerprint density at radius 1 is 0.964 bits per heavy atom. The zero-order valence-electron chi connectivity index (χ0n) is 17.0. The molecule has 1 aliphatic carbocycles. The summed E-state index contributed by atoms with van der Waals surface area (Å²) in [6.07, 6.45) is 3.87. The van der Waals surface area contributed by atoms with Crippen LogP contribution >= 0.6 is 0 Å². The Kier molecular flexibility index (Phi) is 6.12. The molecule has 2 aromatic carbocycles. The van der Waals surface area contributed by atoms with Crippen molar-refractivity contribution < 1.29 is 24.1 Å². The Hall–Kier alpha value is -2.69. The number of carbonyl (C=O) groups excluding carboxylic acids is 1. The molecule has 1 fully saturated rings. The number of ketones is 1. The first-order valence-electron chi connectivity index (χ1n) is 9.63. The SMILES string of the molecule is COc1cc(C(=O)C2CCCCC2c2ccc(C)c(O)c2)cc(OC)c1OC. The molecule has 1 aliphatic rings. The number of hydrogen-bond donors (Lipinski definition) is 1. The van der Waals surface area contributed by atoms with Crippen molar-refractivity contribution in [2.45, 2.75) is 38.5 Å². The second-order valence-corrected chi connectivity index (χ2v) is 7.32. The van der Waals surface area contributed by atoms with E-state index in [0.29, 0.717) is 22.8 Å². The van der Waals surface area contributed by atoms with Gasteiger partial charge >= 0.3 is 0 Å². The number of benzene rings is 2. The predicted molar refractivity (Wildman–Crippen MR) is 108 cm³/mol. The number of phenols is 1. The smallest absolute Gasteiger partial charge is 0.203 e. The molecule has 0 aromatic heterocycles. The van der Waals surface area contributed by atoms with Crippen LogP contribution in [0.2, 0.25) is 0 Å². The zero-order chi connectivity index (χ0) is 20.3. The summed E-state index contributed by atoms with van der Waals surface area (Å²) in [5.41, 5.74) is 2.42. The third kappa shape index (κ3) is 3.79. The van der Waals surface area contributed by atoms with Gasteiger partial charge < -0.3 is 19.3 Å². The molecule has 0 amide bonds. The highest BCUT2D eigenvalue weighted by atomic mass is 16.5. The first kappa shape index (κ1) is 20.1. The van der Waals surface area contributed by atoms with Gasteiger partial charge in [0.05, 0.1) is 21.3 Å². The number of carbonyl (C=O) groups is 1. The highest BCUT2D eigenvalue weighted by molar-refractivity contribution is 5.99. The lowest BCUT2D eigenvalue weighted by Crippen LogP contribution is -2.26. The van der Waals surface area contributed by atoms with Crippen LogP contribution in [0.3, 0.4) is 0 Å². The maximum absolute atomic E-state index is 13.5. The monoisotopic (exact) mass is 384 g/mol. The molecule has 0 radical (unpaired) electrons. The first-order valence-corrected chi connectivity index (χ1v) is 9.63. The van der Waals surface area contributed by atoms with Crippen molar-refractivity contribution in [1.29, 1.82) is 0 Å². The molecular weight excluding hydrogens is 356 g/mol. The number of ether oxygens (including phenoxy) is 3. The second-order valence-electron chi connectivity index (χ2n) is 7.32. The Morgan fingerprint density at radius 3 is 2.18 bits per heavy atom. The quantitative estimate of drug-likeness (QED) is 0.719. The molecule has 0 bridgehead atoms. The third-order valence-corrected chi connectivity index (χ3v) is 5.71. The van der Waals surface area contributed by atoms with Gasteiger partial charge in [0.2, 0.25) is 5.75 Å². The summed E-state index contributed by atoms with van der Waals surface area (Å²) in [5.74, 6) is 1.73. The Balaban J connectivity index is 1.98. The lowest BCUT2D eigenvalue weighted by Gasteiger charge is -2.31. The molecule has 0 saturated heterocycles. The summed E-state index contributed by atoms with van der Waals surface area (Å²) in [6.45, 7) is 1.87. The van der Waals surface area contributed by atoms with Crippen LogP contribution in [-0.2, 0) is 0 Å². The van der Waals surface area contributed by atoms with E-state index < -0.39 is 0 Å². The molecule has 0 spiro atoms. The van der Waals surface area contributed by atoms with E-state index in [2.05, 4.69) is 0 Å². The van der Waals surface area contributed by atoms with E-state index in [0.717, 1.165) is 36.8 Å². The van der Waals surface area contributed by atoms with Crippen molar-refractivity contribution in [3.63, 3.8) is 0 Å². The molecule has 1 N–H and O–H groups in total. The number of methoxy groups -OCH3 is 3. The normalized spacial score (nSPS) is 19.1. The van der Waals surface area contributed by atoms with E-state index in [1.54, 1.807) is 39.5 Å². The van der Waals surface area contributed by atoms with E-state index in [1.807, 2.05) is 19.1 Å². The van der Waals surface area contributed by atoms with E-state index in [4.69, 9.17) is 14.2 Å². The lowest BCUT2D eigenvalue weighted by atomic mass is 9.72. The van der Waals surface area contributed by atoms with Gasteiger partial charge in [-0.1, -0.05) is 25.0 Å². The minimum atomic E-state index is -0.140. The summed E-state index contributed by atoms with van der Waals surface area (Å²) in [4.78, 5) is 13.5. The van der Waals surface area contributed by atoms with Gasteiger partial charge in [-0.3, -0.25) is 4.79 Å². The van der Waals surface area contributed by atoms with Crippen molar-refractivity contribution in [2.75, 3.05) is 21.3 Å². The molecule has 2 unspecified atom stereocenters. The summed E-state index contributed by atoms with van der Waals surface area (Å²) >= 11 is 0. The highest BCUT2D eigenvalue weighted by Crippen LogP contribution is 2.43. The van der Waals surface area contributed by atoms with E-state index in [9.17, 15) is 9.90 Å². The van der Waals surface area contributed by atoms with Crippen LogP contribution in [0.5, 0.6) is 23.0 Å². The summed E-state index contributed by atoms with van der Waals surface area (Å²) in [7, 11) is 4.64. The first-order chi connectivity index (χ1) is 13.5. The average Bonchev–Trinajstić information content (AvgIpc) is 2.74. The summed E-state index contributed by atoms with van der Waals surface area (Å²) < 4.78 is 16.2. The standard InChI is InChI=1S/C23H28O5/c1-14-9-10-15(11-19(14)24)17-7-5-6-8-18(17)22(25)16-12-20(26-2)23(28-4)21(13-16)27-3/h9-13,17-18,24H,5-8H2,1-4H3. The minimum absolute atomic E-state index is 0.0732. The Labute approximate surface area is 166 Å². The number of rotatable bonds is 6. The van der Waals surface area contributed by atoms with Gasteiger partial charge in [-0.25, -0.2) is 0 Å². The van der Waals surface area contributed by atoms with Crippen LogP contribution < -0.4 is 14.2 Å². The van der Waals surface area contributed by atoms with Crippen LogP contribution in [0.15, 0.2) is 30.3 Å². The zero-order valence-corrected chi connectivity index (χ0v) is 17.0. The number of aromatic hydroxyl groups is 1. The van der Waals surface area contributed by atoms with E-state index in [-0.39, 0.29) is 23.4 Å². The fraction of sp³-hybridized carbons (Fsp3) is 0.435. The van der Waals surface area contributed by atoms with E-state index in [1.165, 1.54) is 0 Å². The lowest BCUT2D eigenvalue weighted by molar-refractivity contribution is 0.0867. The van der Waals surface area contributed by atoms with Gasteiger partial charge in [-0.2, -0.15) is 0 Å². The van der Waals surface area contributed by atoms with Crippen LogP contribution in [0.4, 0.5) is 0 Å². The van der Waals surface area contributed by atoms with Gasteiger partial charge in [0.15, 0.2) is 17.3 Å². The molecule has 5 nitrogen and oxygen atoms in total. The van der Waals surface area contributed by atoms with Gasteiger partial charge in [0, 0.05) is 11.5 Å². The predicted octanol–water partition coefficient (Wildman–Crippen LogP) is 4.88. The van der Waals surface area contributed by atoms with Crippen molar-refractivity contribution in [3.8, 4) is 23.0 Å². The molecular formula is C23H28O5. The molecule has 28 heavy (non-hydrogen) atoms. The maximum Gasteiger partial charge on any atom is 0.203 e. The Bertz CT molecular complexity index is 833. The Morgan fingerprint density at radius 2 is 1.61 bits per heavy atom. The van der Waals surface area contributed by atoms with Crippen LogP contribution in [-0.4, -0.2) is 32.2 Å². The van der Waals surface area contributed by atoms with Crippen LogP contribution in [0.25, 0.3) is 0 Å². The largest absolute Gasteiger partial charge is 0.508 e. The highest BCUT2D eigenvalue weighted by Gasteiger charge is 2.33. The van der Waals surface area contributed by atoms with E-state index >= 15 is 0 Å². The van der Waals surface area contributed by atoms with Crippen molar-refractivity contribution in [2.24, 2.45) is 5.92 Å². The topological polar surface area (TPSA) is 65.0 Å². The molecule has 5 heteroatoms. The van der Waals surface area contributed by atoms with Gasteiger partial charge in [0.25, 0.3) is 0 Å². The molecule has 1 saturated carbocycles. The summed E-state index contributed by atoms with van der Waals surface area (Å²) in [5, 5.41) is 10.1. The van der Waals surface area contributed by atoms with Gasteiger partial charge in [0.1, 0.15) is 5.75 Å². The molecule has 3 rings (SSSR count). The van der Waals surface area contributed by atoms with Crippen molar-refractivity contribution in [1.82, 2.24) is 0 Å². The van der Waals surface area contributed by atoms with Crippen molar-refractivity contribution >= 4 is 5.78 Å². The average molecular weight is 384 g/mol. The summed E-state index contributed by atoms with van der Waals surface area (Å²) in [6, 6.07) is 9.20. The number of Topliss-reactive ketones (excluding diaryl/α,β-unsaturated/α-hetero) is 1. The maximum atomic E-state index is 13.5.